The van der Waals surface area contributed by atoms with Crippen molar-refractivity contribution in [3.8, 4) is 0 Å². The number of carboxylic acid groups (broad SMARTS) is 1. The Morgan fingerprint density at radius 2 is 1.75 bits per heavy atom. The number of aromatic carboxylic acids is 1. The summed E-state index contributed by atoms with van der Waals surface area (Å²) >= 11 is 0. The topological polar surface area (TPSA) is 79.5 Å². The quantitative estimate of drug-likeness (QED) is 0.877. The fourth-order valence-corrected chi connectivity index (χ4v) is 1.91. The summed E-state index contributed by atoms with van der Waals surface area (Å²) in [4.78, 5) is 22.5. The van der Waals surface area contributed by atoms with E-state index >= 15 is 0 Å². The van der Waals surface area contributed by atoms with Gasteiger partial charge in [-0.05, 0) is 29.7 Å². The first-order valence-corrected chi connectivity index (χ1v) is 6.30. The third-order valence-electron chi connectivity index (χ3n) is 2.98. The molecule has 0 spiro atoms. The maximum atomic E-state index is 11.9. The highest BCUT2D eigenvalue weighted by Gasteiger charge is 2.14. The van der Waals surface area contributed by atoms with E-state index in [1.807, 2.05) is 31.2 Å². The number of amides is 1. The van der Waals surface area contributed by atoms with Crippen LogP contribution in [0.2, 0.25) is 0 Å². The Labute approximate surface area is 116 Å². The zero-order valence-electron chi connectivity index (χ0n) is 11.1. The summed E-state index contributed by atoms with van der Waals surface area (Å²) in [5.41, 5.74) is 2.20. The van der Waals surface area contributed by atoms with E-state index < -0.39 is 11.9 Å². The lowest BCUT2D eigenvalue weighted by Crippen LogP contribution is -2.22. The number of rotatable bonds is 5. The smallest absolute Gasteiger partial charge is 0.371 e. The minimum absolute atomic E-state index is 0.00335. The maximum Gasteiger partial charge on any atom is 0.371 e. The van der Waals surface area contributed by atoms with Crippen molar-refractivity contribution < 1.29 is 19.1 Å². The van der Waals surface area contributed by atoms with Gasteiger partial charge in [-0.25, -0.2) is 4.79 Å². The van der Waals surface area contributed by atoms with E-state index in [9.17, 15) is 9.59 Å². The van der Waals surface area contributed by atoms with Crippen molar-refractivity contribution in [2.45, 2.75) is 19.9 Å². The molecule has 0 saturated carbocycles. The lowest BCUT2D eigenvalue weighted by molar-refractivity contribution is 0.0659. The highest BCUT2D eigenvalue weighted by Crippen LogP contribution is 2.11. The Kier molecular flexibility index (Phi) is 4.20. The van der Waals surface area contributed by atoms with E-state index in [1.54, 1.807) is 0 Å². The van der Waals surface area contributed by atoms with Crippen LogP contribution in [0.1, 0.15) is 39.2 Å². The number of carbonyl (C=O) groups excluding carboxylic acids is 1. The molecule has 20 heavy (non-hydrogen) atoms. The predicted octanol–water partition coefficient (Wildman–Crippen LogP) is 2.47. The number of aryl methyl sites for hydroxylation is 1. The van der Waals surface area contributed by atoms with Crippen LogP contribution < -0.4 is 5.32 Å². The molecule has 2 aromatic rings. The van der Waals surface area contributed by atoms with Gasteiger partial charge in [0.15, 0.2) is 5.76 Å². The lowest BCUT2D eigenvalue weighted by atomic mass is 10.1. The first-order chi connectivity index (χ1) is 9.61. The molecule has 1 aromatic carbocycles. The van der Waals surface area contributed by atoms with Crippen LogP contribution in [0.25, 0.3) is 0 Å². The first kappa shape index (κ1) is 13.9. The van der Waals surface area contributed by atoms with Gasteiger partial charge in [0.25, 0.3) is 5.91 Å². The normalized spacial score (nSPS) is 10.2. The average molecular weight is 273 g/mol. The van der Waals surface area contributed by atoms with Gasteiger partial charge < -0.3 is 14.8 Å². The standard InChI is InChI=1S/C15H15NO4/c1-2-10-5-3-4-6-11(10)9-16-14(17)12-7-8-13(20-12)15(18)19/h3-8H,2,9H2,1H3,(H,16,17)(H,18,19). The zero-order chi connectivity index (χ0) is 14.5. The number of carbonyl (C=O) groups is 2. The van der Waals surface area contributed by atoms with Crippen molar-refractivity contribution in [2.24, 2.45) is 0 Å². The van der Waals surface area contributed by atoms with Crippen molar-refractivity contribution in [1.29, 1.82) is 0 Å². The van der Waals surface area contributed by atoms with Crippen LogP contribution in [-0.4, -0.2) is 17.0 Å². The van der Waals surface area contributed by atoms with E-state index in [0.717, 1.165) is 12.0 Å². The molecule has 0 bridgehead atoms. The van der Waals surface area contributed by atoms with Crippen LogP contribution in [0.4, 0.5) is 0 Å². The van der Waals surface area contributed by atoms with Gasteiger partial charge in [0, 0.05) is 6.54 Å². The molecule has 0 aliphatic heterocycles. The number of nitrogens with one attached hydrogen (secondary N) is 1. The minimum atomic E-state index is -1.19. The molecule has 0 atom stereocenters. The van der Waals surface area contributed by atoms with Gasteiger partial charge in [0.05, 0.1) is 0 Å². The second kappa shape index (κ2) is 6.06. The molecule has 1 aromatic heterocycles. The third-order valence-corrected chi connectivity index (χ3v) is 2.98. The van der Waals surface area contributed by atoms with Crippen LogP contribution in [0.15, 0.2) is 40.8 Å². The van der Waals surface area contributed by atoms with E-state index in [0.29, 0.717) is 6.54 Å². The van der Waals surface area contributed by atoms with E-state index in [2.05, 4.69) is 5.32 Å². The predicted molar refractivity (Wildman–Crippen MR) is 72.7 cm³/mol. The molecule has 0 saturated heterocycles. The van der Waals surface area contributed by atoms with E-state index in [-0.39, 0.29) is 11.5 Å². The number of benzene rings is 1. The molecule has 1 heterocycles. The van der Waals surface area contributed by atoms with E-state index in [4.69, 9.17) is 9.52 Å². The van der Waals surface area contributed by atoms with Crippen LogP contribution in [0, 0.1) is 0 Å². The molecule has 104 valence electrons. The van der Waals surface area contributed by atoms with Crippen molar-refractivity contribution >= 4 is 11.9 Å². The summed E-state index contributed by atoms with van der Waals surface area (Å²) in [6.45, 7) is 2.43. The summed E-state index contributed by atoms with van der Waals surface area (Å²) < 4.78 is 4.94. The van der Waals surface area contributed by atoms with Crippen molar-refractivity contribution in [1.82, 2.24) is 5.32 Å². The zero-order valence-corrected chi connectivity index (χ0v) is 11.1. The molecule has 2 rings (SSSR count). The molecule has 0 radical (unpaired) electrons. The summed E-state index contributed by atoms with van der Waals surface area (Å²) in [6, 6.07) is 10.4. The summed E-state index contributed by atoms with van der Waals surface area (Å²) in [7, 11) is 0. The largest absolute Gasteiger partial charge is 0.475 e. The van der Waals surface area contributed by atoms with Gasteiger partial charge in [-0.2, -0.15) is 0 Å². The van der Waals surface area contributed by atoms with Crippen molar-refractivity contribution in [3.63, 3.8) is 0 Å². The van der Waals surface area contributed by atoms with Gasteiger partial charge in [0.1, 0.15) is 0 Å². The molecule has 2 N–H and O–H groups in total. The Bertz CT molecular complexity index is 630. The van der Waals surface area contributed by atoms with Gasteiger partial charge in [0.2, 0.25) is 5.76 Å². The molecule has 5 heteroatoms. The molecule has 1 amide bonds. The molecular weight excluding hydrogens is 258 g/mol. The van der Waals surface area contributed by atoms with Crippen LogP contribution >= 0.6 is 0 Å². The second-order valence-corrected chi connectivity index (χ2v) is 4.27. The second-order valence-electron chi connectivity index (χ2n) is 4.27. The van der Waals surface area contributed by atoms with Crippen molar-refractivity contribution in [2.75, 3.05) is 0 Å². The molecule has 0 aliphatic rings. The van der Waals surface area contributed by atoms with Crippen LogP contribution in [0.5, 0.6) is 0 Å². The highest BCUT2D eigenvalue weighted by molar-refractivity contribution is 5.93. The number of hydrogen-bond acceptors (Lipinski definition) is 3. The van der Waals surface area contributed by atoms with Gasteiger partial charge in [-0.1, -0.05) is 31.2 Å². The van der Waals surface area contributed by atoms with Gasteiger partial charge in [-0.15, -0.1) is 0 Å². The highest BCUT2D eigenvalue weighted by atomic mass is 16.4. The van der Waals surface area contributed by atoms with Crippen LogP contribution in [0.3, 0.4) is 0 Å². The van der Waals surface area contributed by atoms with Crippen LogP contribution in [-0.2, 0) is 13.0 Å². The fraction of sp³-hybridized carbons (Fsp3) is 0.200. The Balaban J connectivity index is 2.03. The van der Waals surface area contributed by atoms with Gasteiger partial charge >= 0.3 is 5.97 Å². The lowest BCUT2D eigenvalue weighted by Gasteiger charge is -2.08. The Morgan fingerprint density at radius 1 is 1.10 bits per heavy atom. The number of carboxylic acids is 1. The molecule has 0 unspecified atom stereocenters. The average Bonchev–Trinajstić information content (AvgIpc) is 2.95. The summed E-state index contributed by atoms with van der Waals surface area (Å²) in [5, 5.41) is 11.4. The summed E-state index contributed by atoms with van der Waals surface area (Å²) in [5.74, 6) is -1.87. The summed E-state index contributed by atoms with van der Waals surface area (Å²) in [6.07, 6.45) is 0.885. The molecule has 5 nitrogen and oxygen atoms in total. The monoisotopic (exact) mass is 273 g/mol. The molecule has 0 aliphatic carbocycles. The minimum Gasteiger partial charge on any atom is -0.475 e. The van der Waals surface area contributed by atoms with E-state index in [1.165, 1.54) is 17.7 Å². The number of furan rings is 1. The fourth-order valence-electron chi connectivity index (χ4n) is 1.91. The molecule has 0 fully saturated rings. The Hall–Kier alpha value is -2.56. The first-order valence-electron chi connectivity index (χ1n) is 6.30. The SMILES string of the molecule is CCc1ccccc1CNC(=O)c1ccc(C(=O)O)o1. The van der Waals surface area contributed by atoms with Gasteiger partial charge in [-0.3, -0.25) is 4.79 Å². The number of hydrogen-bond donors (Lipinski definition) is 2. The maximum absolute atomic E-state index is 11.9. The third kappa shape index (κ3) is 3.06. The molecular formula is C15H15NO4. The van der Waals surface area contributed by atoms with Crippen molar-refractivity contribution in [3.05, 3.63) is 59.0 Å². The Morgan fingerprint density at radius 3 is 2.35 bits per heavy atom.